The Labute approximate surface area is 116 Å². The molecule has 2 aliphatic rings. The SMILES string of the molecule is CC(C)OCCCNC(=O)CC1CC2CCC(C1)N2. The summed E-state index contributed by atoms with van der Waals surface area (Å²) >= 11 is 0. The minimum absolute atomic E-state index is 0.218. The lowest BCUT2D eigenvalue weighted by atomic mass is 9.89. The van der Waals surface area contributed by atoms with Crippen LogP contribution >= 0.6 is 0 Å². The average molecular weight is 268 g/mol. The number of fused-ring (bicyclic) bond motifs is 2. The van der Waals surface area contributed by atoms with Gasteiger partial charge in [0.25, 0.3) is 0 Å². The van der Waals surface area contributed by atoms with Gasteiger partial charge >= 0.3 is 0 Å². The summed E-state index contributed by atoms with van der Waals surface area (Å²) in [5.41, 5.74) is 0. The van der Waals surface area contributed by atoms with Crippen LogP contribution in [0, 0.1) is 5.92 Å². The van der Waals surface area contributed by atoms with Crippen LogP contribution < -0.4 is 10.6 Å². The van der Waals surface area contributed by atoms with Crippen LogP contribution in [0.2, 0.25) is 0 Å². The first-order valence-electron chi connectivity index (χ1n) is 7.78. The lowest BCUT2D eigenvalue weighted by Crippen LogP contribution is -2.39. The molecule has 2 rings (SSSR count). The highest BCUT2D eigenvalue weighted by Crippen LogP contribution is 2.32. The second-order valence-corrected chi connectivity index (χ2v) is 6.30. The van der Waals surface area contributed by atoms with E-state index < -0.39 is 0 Å². The molecule has 0 saturated carbocycles. The van der Waals surface area contributed by atoms with E-state index in [9.17, 15) is 4.79 Å². The Morgan fingerprint density at radius 2 is 2.00 bits per heavy atom. The van der Waals surface area contributed by atoms with E-state index in [1.807, 2.05) is 13.8 Å². The number of amides is 1. The van der Waals surface area contributed by atoms with Crippen LogP contribution in [0.3, 0.4) is 0 Å². The van der Waals surface area contributed by atoms with Crippen molar-refractivity contribution in [3.05, 3.63) is 0 Å². The molecule has 2 heterocycles. The van der Waals surface area contributed by atoms with Gasteiger partial charge in [-0.3, -0.25) is 4.79 Å². The summed E-state index contributed by atoms with van der Waals surface area (Å²) in [5.74, 6) is 0.807. The van der Waals surface area contributed by atoms with Crippen molar-refractivity contribution in [1.82, 2.24) is 10.6 Å². The summed E-state index contributed by atoms with van der Waals surface area (Å²) in [6.07, 6.45) is 6.85. The summed E-state index contributed by atoms with van der Waals surface area (Å²) in [6.45, 7) is 5.53. The van der Waals surface area contributed by atoms with Crippen molar-refractivity contribution >= 4 is 5.91 Å². The molecule has 4 nitrogen and oxygen atoms in total. The minimum atomic E-state index is 0.218. The van der Waals surface area contributed by atoms with E-state index in [4.69, 9.17) is 4.74 Å². The summed E-state index contributed by atoms with van der Waals surface area (Å²) in [7, 11) is 0. The molecule has 2 saturated heterocycles. The summed E-state index contributed by atoms with van der Waals surface area (Å²) in [4.78, 5) is 11.9. The predicted octanol–water partition coefficient (Wildman–Crippen LogP) is 1.84. The third kappa shape index (κ3) is 5.11. The first-order valence-corrected chi connectivity index (χ1v) is 7.78. The normalized spacial score (nSPS) is 29.7. The quantitative estimate of drug-likeness (QED) is 0.693. The molecule has 2 fully saturated rings. The maximum absolute atomic E-state index is 11.9. The highest BCUT2D eigenvalue weighted by atomic mass is 16.5. The molecule has 19 heavy (non-hydrogen) atoms. The average Bonchev–Trinajstić information content (AvgIpc) is 2.68. The Balaban J connectivity index is 1.54. The first-order chi connectivity index (χ1) is 9.13. The molecule has 2 bridgehead atoms. The monoisotopic (exact) mass is 268 g/mol. The van der Waals surface area contributed by atoms with E-state index in [0.29, 0.717) is 24.4 Å². The van der Waals surface area contributed by atoms with Crippen molar-refractivity contribution in [2.45, 2.75) is 70.6 Å². The second-order valence-electron chi connectivity index (χ2n) is 6.30. The topological polar surface area (TPSA) is 50.4 Å². The molecule has 0 aromatic carbocycles. The van der Waals surface area contributed by atoms with E-state index in [2.05, 4.69) is 10.6 Å². The molecule has 2 atom stereocenters. The number of nitrogens with one attached hydrogen (secondary N) is 2. The Bertz CT molecular complexity index is 282. The molecule has 0 aromatic rings. The molecule has 0 aromatic heterocycles. The van der Waals surface area contributed by atoms with Crippen molar-refractivity contribution in [2.24, 2.45) is 5.92 Å². The third-order valence-corrected chi connectivity index (χ3v) is 4.14. The standard InChI is InChI=1S/C15H28N2O2/c1-11(2)19-7-3-6-16-15(18)10-12-8-13-4-5-14(9-12)17-13/h11-14,17H,3-10H2,1-2H3,(H,16,18). The van der Waals surface area contributed by atoms with Gasteiger partial charge in [-0.15, -0.1) is 0 Å². The van der Waals surface area contributed by atoms with E-state index in [1.165, 1.54) is 25.7 Å². The van der Waals surface area contributed by atoms with Crippen molar-refractivity contribution in [1.29, 1.82) is 0 Å². The maximum atomic E-state index is 11.9. The van der Waals surface area contributed by atoms with Crippen molar-refractivity contribution in [2.75, 3.05) is 13.2 Å². The van der Waals surface area contributed by atoms with Gasteiger partial charge < -0.3 is 15.4 Å². The molecule has 0 aliphatic carbocycles. The Kier molecular flexibility index (Phi) is 5.64. The fourth-order valence-electron chi connectivity index (χ4n) is 3.30. The zero-order valence-electron chi connectivity index (χ0n) is 12.3. The molecular formula is C15H28N2O2. The third-order valence-electron chi connectivity index (χ3n) is 4.14. The second kappa shape index (κ2) is 7.25. The molecule has 0 spiro atoms. The van der Waals surface area contributed by atoms with E-state index in [-0.39, 0.29) is 12.0 Å². The highest BCUT2D eigenvalue weighted by Gasteiger charge is 2.33. The molecule has 4 heteroatoms. The van der Waals surface area contributed by atoms with Crippen molar-refractivity contribution in [3.63, 3.8) is 0 Å². The Morgan fingerprint density at radius 3 is 2.63 bits per heavy atom. The van der Waals surface area contributed by atoms with Gasteiger partial charge in [0.05, 0.1) is 6.10 Å². The van der Waals surface area contributed by atoms with Crippen LogP contribution in [0.15, 0.2) is 0 Å². The summed E-state index contributed by atoms with van der Waals surface area (Å²) in [5, 5.41) is 6.63. The Hall–Kier alpha value is -0.610. The number of hydrogen-bond acceptors (Lipinski definition) is 3. The molecule has 110 valence electrons. The van der Waals surface area contributed by atoms with Crippen LogP contribution in [-0.2, 0) is 9.53 Å². The van der Waals surface area contributed by atoms with Crippen LogP contribution in [0.5, 0.6) is 0 Å². The number of piperidine rings is 1. The molecule has 2 aliphatic heterocycles. The van der Waals surface area contributed by atoms with Gasteiger partial charge in [0.15, 0.2) is 0 Å². The largest absolute Gasteiger partial charge is 0.379 e. The van der Waals surface area contributed by atoms with Crippen molar-refractivity contribution in [3.8, 4) is 0 Å². The molecular weight excluding hydrogens is 240 g/mol. The van der Waals surface area contributed by atoms with Crippen LogP contribution in [-0.4, -0.2) is 37.2 Å². The molecule has 1 amide bonds. The number of rotatable bonds is 7. The van der Waals surface area contributed by atoms with Gasteiger partial charge in [0.2, 0.25) is 5.91 Å². The fourth-order valence-corrected chi connectivity index (χ4v) is 3.30. The van der Waals surface area contributed by atoms with Gasteiger partial charge in [-0.2, -0.15) is 0 Å². The molecule has 2 N–H and O–H groups in total. The van der Waals surface area contributed by atoms with Crippen LogP contribution in [0.1, 0.15) is 52.4 Å². The lowest BCUT2D eigenvalue weighted by Gasteiger charge is -2.28. The zero-order chi connectivity index (χ0) is 13.7. The van der Waals surface area contributed by atoms with Gasteiger partial charge in [0.1, 0.15) is 0 Å². The van der Waals surface area contributed by atoms with Crippen LogP contribution in [0.4, 0.5) is 0 Å². The summed E-state index contributed by atoms with van der Waals surface area (Å²) in [6, 6.07) is 1.35. The van der Waals surface area contributed by atoms with Crippen LogP contribution in [0.25, 0.3) is 0 Å². The van der Waals surface area contributed by atoms with Gasteiger partial charge in [-0.25, -0.2) is 0 Å². The number of hydrogen-bond donors (Lipinski definition) is 2. The lowest BCUT2D eigenvalue weighted by molar-refractivity contribution is -0.122. The van der Waals surface area contributed by atoms with E-state index in [0.717, 1.165) is 19.6 Å². The molecule has 0 radical (unpaired) electrons. The minimum Gasteiger partial charge on any atom is -0.379 e. The highest BCUT2D eigenvalue weighted by molar-refractivity contribution is 5.76. The van der Waals surface area contributed by atoms with Gasteiger partial charge in [-0.1, -0.05) is 0 Å². The molecule has 2 unspecified atom stereocenters. The van der Waals surface area contributed by atoms with Crippen molar-refractivity contribution < 1.29 is 9.53 Å². The number of carbonyl (C=O) groups is 1. The maximum Gasteiger partial charge on any atom is 0.220 e. The fraction of sp³-hybridized carbons (Fsp3) is 0.933. The zero-order valence-corrected chi connectivity index (χ0v) is 12.3. The summed E-state index contributed by atoms with van der Waals surface area (Å²) < 4.78 is 5.45. The van der Waals surface area contributed by atoms with Gasteiger partial charge in [-0.05, 0) is 51.9 Å². The predicted molar refractivity (Wildman–Crippen MR) is 76.0 cm³/mol. The Morgan fingerprint density at radius 1 is 1.32 bits per heavy atom. The number of carbonyl (C=O) groups excluding carboxylic acids is 1. The number of ether oxygens (including phenoxy) is 1. The first kappa shape index (κ1) is 14.8. The van der Waals surface area contributed by atoms with Gasteiger partial charge in [0, 0.05) is 31.7 Å². The smallest absolute Gasteiger partial charge is 0.220 e. The van der Waals surface area contributed by atoms with E-state index >= 15 is 0 Å². The van der Waals surface area contributed by atoms with E-state index in [1.54, 1.807) is 0 Å².